The van der Waals surface area contributed by atoms with Crippen LogP contribution in [0.2, 0.25) is 0 Å². The maximum absolute atomic E-state index is 12.4. The van der Waals surface area contributed by atoms with Gasteiger partial charge in [0.25, 0.3) is 5.91 Å². The van der Waals surface area contributed by atoms with Gasteiger partial charge in [-0.15, -0.1) is 5.10 Å². The summed E-state index contributed by atoms with van der Waals surface area (Å²) in [5.41, 5.74) is 9.33. The summed E-state index contributed by atoms with van der Waals surface area (Å²) in [4.78, 5) is 12.4. The number of nitrogen functional groups attached to an aromatic ring is 1. The molecular weight excluding hydrogens is 330 g/mol. The van der Waals surface area contributed by atoms with Crippen molar-refractivity contribution in [1.82, 2.24) is 20.3 Å². The van der Waals surface area contributed by atoms with Gasteiger partial charge in [-0.3, -0.25) is 4.79 Å². The lowest BCUT2D eigenvalue weighted by atomic mass is 10.1. The number of nitrogens with one attached hydrogen (secondary N) is 1. The van der Waals surface area contributed by atoms with E-state index in [1.54, 1.807) is 7.11 Å². The van der Waals surface area contributed by atoms with Crippen molar-refractivity contribution in [2.75, 3.05) is 12.8 Å². The number of carbonyl (C=O) groups is 1. The van der Waals surface area contributed by atoms with Gasteiger partial charge >= 0.3 is 0 Å². The van der Waals surface area contributed by atoms with Crippen LogP contribution in [0.15, 0.2) is 48.5 Å². The number of carbonyl (C=O) groups excluding carboxylic acids is 1. The van der Waals surface area contributed by atoms with Crippen molar-refractivity contribution < 1.29 is 9.53 Å². The quantitative estimate of drug-likeness (QED) is 0.709. The van der Waals surface area contributed by atoms with Crippen LogP contribution < -0.4 is 15.8 Å². The summed E-state index contributed by atoms with van der Waals surface area (Å²) in [7, 11) is 1.60. The van der Waals surface area contributed by atoms with Crippen molar-refractivity contribution in [3.8, 4) is 5.75 Å². The van der Waals surface area contributed by atoms with E-state index in [1.165, 1.54) is 4.68 Å². The van der Waals surface area contributed by atoms with Gasteiger partial charge in [0.05, 0.1) is 13.7 Å². The average Bonchev–Trinajstić information content (AvgIpc) is 3.02. The lowest BCUT2D eigenvalue weighted by Crippen LogP contribution is -2.24. The molecule has 1 amide bonds. The number of hydrogen-bond acceptors (Lipinski definition) is 5. The van der Waals surface area contributed by atoms with Crippen LogP contribution in [0, 0.1) is 6.92 Å². The third-order valence-electron chi connectivity index (χ3n) is 4.16. The lowest BCUT2D eigenvalue weighted by molar-refractivity contribution is 0.0946. The first-order valence-electron chi connectivity index (χ1n) is 8.23. The average molecular weight is 351 g/mol. The summed E-state index contributed by atoms with van der Waals surface area (Å²) >= 11 is 0. The van der Waals surface area contributed by atoms with Crippen LogP contribution >= 0.6 is 0 Å². The number of rotatable bonds is 6. The normalized spacial score (nSPS) is 10.5. The van der Waals surface area contributed by atoms with Crippen molar-refractivity contribution in [2.45, 2.75) is 20.0 Å². The molecule has 2 aromatic carbocycles. The Morgan fingerprint density at radius 1 is 1.23 bits per heavy atom. The predicted molar refractivity (Wildman–Crippen MR) is 98.9 cm³/mol. The van der Waals surface area contributed by atoms with Crippen LogP contribution in [-0.4, -0.2) is 28.0 Å². The van der Waals surface area contributed by atoms with Gasteiger partial charge in [0, 0.05) is 6.54 Å². The van der Waals surface area contributed by atoms with E-state index in [4.69, 9.17) is 10.5 Å². The van der Waals surface area contributed by atoms with Gasteiger partial charge in [0.2, 0.25) is 0 Å². The zero-order valence-corrected chi connectivity index (χ0v) is 14.8. The first-order chi connectivity index (χ1) is 12.6. The van der Waals surface area contributed by atoms with E-state index in [0.717, 1.165) is 22.4 Å². The summed E-state index contributed by atoms with van der Waals surface area (Å²) in [6, 6.07) is 15.4. The van der Waals surface area contributed by atoms with Crippen LogP contribution in [0.3, 0.4) is 0 Å². The summed E-state index contributed by atoms with van der Waals surface area (Å²) < 4.78 is 6.71. The second-order valence-electron chi connectivity index (χ2n) is 5.94. The van der Waals surface area contributed by atoms with Gasteiger partial charge < -0.3 is 15.8 Å². The van der Waals surface area contributed by atoms with Gasteiger partial charge in [-0.05, 0) is 35.7 Å². The highest BCUT2D eigenvalue weighted by molar-refractivity contribution is 5.96. The molecule has 0 aliphatic rings. The minimum Gasteiger partial charge on any atom is -0.497 e. The number of methoxy groups -OCH3 is 1. The largest absolute Gasteiger partial charge is 0.497 e. The molecule has 0 saturated heterocycles. The van der Waals surface area contributed by atoms with Crippen molar-refractivity contribution in [2.24, 2.45) is 0 Å². The van der Waals surface area contributed by atoms with Crippen LogP contribution in [-0.2, 0) is 13.1 Å². The summed E-state index contributed by atoms with van der Waals surface area (Å²) in [5, 5.41) is 10.8. The number of nitrogens with two attached hydrogens (primary N) is 1. The maximum Gasteiger partial charge on any atom is 0.275 e. The van der Waals surface area contributed by atoms with Crippen LogP contribution in [0.25, 0.3) is 0 Å². The molecule has 26 heavy (non-hydrogen) atoms. The van der Waals surface area contributed by atoms with E-state index in [2.05, 4.69) is 15.6 Å². The Morgan fingerprint density at radius 2 is 2.04 bits per heavy atom. The monoisotopic (exact) mass is 351 g/mol. The van der Waals surface area contributed by atoms with Gasteiger partial charge in [-0.25, -0.2) is 4.68 Å². The highest BCUT2D eigenvalue weighted by Crippen LogP contribution is 2.15. The first kappa shape index (κ1) is 17.5. The highest BCUT2D eigenvalue weighted by atomic mass is 16.5. The fraction of sp³-hybridized carbons (Fsp3) is 0.211. The molecule has 3 N–H and O–H groups in total. The smallest absolute Gasteiger partial charge is 0.275 e. The van der Waals surface area contributed by atoms with Gasteiger partial charge in [0.1, 0.15) is 5.75 Å². The van der Waals surface area contributed by atoms with E-state index in [-0.39, 0.29) is 17.4 Å². The molecule has 0 aliphatic carbocycles. The van der Waals surface area contributed by atoms with Gasteiger partial charge in [0.15, 0.2) is 11.5 Å². The minimum absolute atomic E-state index is 0.126. The number of aromatic nitrogens is 3. The Labute approximate surface area is 151 Å². The Morgan fingerprint density at radius 3 is 2.81 bits per heavy atom. The van der Waals surface area contributed by atoms with Crippen molar-refractivity contribution in [3.05, 3.63) is 70.9 Å². The van der Waals surface area contributed by atoms with Crippen molar-refractivity contribution in [3.63, 3.8) is 0 Å². The van der Waals surface area contributed by atoms with Crippen LogP contribution in [0.5, 0.6) is 5.75 Å². The third kappa shape index (κ3) is 3.83. The maximum atomic E-state index is 12.4. The molecular formula is C19H21N5O2. The molecule has 1 aromatic heterocycles. The fourth-order valence-corrected chi connectivity index (χ4v) is 2.60. The fourth-order valence-electron chi connectivity index (χ4n) is 2.60. The van der Waals surface area contributed by atoms with E-state index >= 15 is 0 Å². The molecule has 3 rings (SSSR count). The molecule has 0 aliphatic heterocycles. The number of aryl methyl sites for hydroxylation is 1. The minimum atomic E-state index is -0.360. The number of hydrogen-bond donors (Lipinski definition) is 2. The number of nitrogens with zero attached hydrogens (tertiary/aromatic N) is 3. The molecule has 3 aromatic rings. The zero-order chi connectivity index (χ0) is 18.5. The summed E-state index contributed by atoms with van der Waals surface area (Å²) in [6.07, 6.45) is 0. The van der Waals surface area contributed by atoms with E-state index in [0.29, 0.717) is 13.1 Å². The number of anilines is 1. The summed E-state index contributed by atoms with van der Waals surface area (Å²) in [5.74, 6) is 0.623. The molecule has 0 unspecified atom stereocenters. The summed E-state index contributed by atoms with van der Waals surface area (Å²) in [6.45, 7) is 2.83. The Hall–Kier alpha value is -3.35. The molecule has 7 heteroatoms. The molecule has 0 radical (unpaired) electrons. The zero-order valence-electron chi connectivity index (χ0n) is 14.8. The van der Waals surface area contributed by atoms with Gasteiger partial charge in [-0.2, -0.15) is 0 Å². The molecule has 0 bridgehead atoms. The molecule has 0 atom stereocenters. The highest BCUT2D eigenvalue weighted by Gasteiger charge is 2.17. The van der Waals surface area contributed by atoms with Gasteiger partial charge in [-0.1, -0.05) is 41.6 Å². The van der Waals surface area contributed by atoms with Crippen LogP contribution in [0.4, 0.5) is 5.82 Å². The van der Waals surface area contributed by atoms with E-state index in [9.17, 15) is 4.79 Å². The SMILES string of the molecule is COc1cccc(CNC(=O)c2nnn(Cc3ccccc3C)c2N)c1. The van der Waals surface area contributed by atoms with Crippen molar-refractivity contribution in [1.29, 1.82) is 0 Å². The second-order valence-corrected chi connectivity index (χ2v) is 5.94. The second kappa shape index (κ2) is 7.69. The Balaban J connectivity index is 1.68. The predicted octanol–water partition coefficient (Wildman–Crippen LogP) is 2.16. The van der Waals surface area contributed by atoms with Crippen molar-refractivity contribution >= 4 is 11.7 Å². The lowest BCUT2D eigenvalue weighted by Gasteiger charge is -2.07. The Bertz CT molecular complexity index is 920. The topological polar surface area (TPSA) is 95.1 Å². The molecule has 0 spiro atoms. The first-order valence-corrected chi connectivity index (χ1v) is 8.23. The molecule has 0 fully saturated rings. The van der Waals surface area contributed by atoms with E-state index in [1.807, 2.05) is 55.5 Å². The number of ether oxygens (including phenoxy) is 1. The Kier molecular flexibility index (Phi) is 5.17. The molecule has 0 saturated carbocycles. The molecule has 7 nitrogen and oxygen atoms in total. The standard InChI is InChI=1S/C19H21N5O2/c1-13-6-3-4-8-15(13)12-24-18(20)17(22-23-24)19(25)21-11-14-7-5-9-16(10-14)26-2/h3-10H,11-12,20H2,1-2H3,(H,21,25). The molecule has 1 heterocycles. The third-order valence-corrected chi connectivity index (χ3v) is 4.16. The van der Waals surface area contributed by atoms with Crippen LogP contribution in [0.1, 0.15) is 27.2 Å². The number of amides is 1. The van der Waals surface area contributed by atoms with E-state index < -0.39 is 0 Å². The number of benzene rings is 2. The molecule has 134 valence electrons.